The molecule has 0 aromatic rings. The normalized spacial score (nSPS) is 19.3. The minimum Gasteiger partial charge on any atom is -0.655 e. The van der Waals surface area contributed by atoms with Crippen LogP contribution in [0.15, 0.2) is 0 Å². The van der Waals surface area contributed by atoms with E-state index in [2.05, 4.69) is 26.1 Å². The van der Waals surface area contributed by atoms with E-state index < -0.39 is 0 Å². The van der Waals surface area contributed by atoms with Crippen LogP contribution in [0.3, 0.4) is 0 Å². The Balaban J connectivity index is 0.00000121. The molecule has 1 saturated carbocycles. The summed E-state index contributed by atoms with van der Waals surface area (Å²) in [4.78, 5) is 11.4. The molecule has 1 fully saturated rings. The topological polar surface area (TPSA) is 31.2 Å². The third-order valence-electron chi connectivity index (χ3n) is 2.80. The zero-order valence-electron chi connectivity index (χ0n) is 8.10. The summed E-state index contributed by atoms with van der Waals surface area (Å²) in [6.45, 7) is 6.34. The maximum atomic E-state index is 11.4. The fourth-order valence-corrected chi connectivity index (χ4v) is 1.62. The molecule has 0 aromatic carbocycles. The molecule has 0 atom stereocenters. The van der Waals surface area contributed by atoms with Crippen molar-refractivity contribution in [2.45, 2.75) is 33.6 Å². The molecule has 73 valence electrons. The van der Waals surface area contributed by atoms with E-state index in [0.29, 0.717) is 0 Å². The van der Waals surface area contributed by atoms with Gasteiger partial charge in [0.2, 0.25) is 0 Å². The second-order valence-corrected chi connectivity index (χ2v) is 4.36. The smallest absolute Gasteiger partial charge is 0.0577 e. The molecule has 0 spiro atoms. The van der Waals surface area contributed by atoms with E-state index in [1.165, 1.54) is 0 Å². The number of carbonyl (C=O) groups excluding carboxylic acids is 1. The quantitative estimate of drug-likeness (QED) is 0.663. The van der Waals surface area contributed by atoms with Gasteiger partial charge in [0, 0.05) is 24.9 Å². The Kier molecular flexibility index (Phi) is 3.48. The van der Waals surface area contributed by atoms with E-state index in [4.69, 9.17) is 0 Å². The maximum Gasteiger partial charge on any atom is 0.0577 e. The first-order valence-electron chi connectivity index (χ1n) is 4.08. The largest absolute Gasteiger partial charge is 0.655 e. The molecule has 0 aromatic heterocycles. The van der Waals surface area contributed by atoms with E-state index in [-0.39, 0.29) is 36.2 Å². The molecule has 3 heteroatoms. The fourth-order valence-electron chi connectivity index (χ4n) is 1.62. The number of rotatable bonds is 1. The van der Waals surface area contributed by atoms with Crippen LogP contribution in [0.2, 0.25) is 0 Å². The average Bonchev–Trinajstić information content (AvgIpc) is 2.63. The van der Waals surface area contributed by atoms with Gasteiger partial charge in [0.15, 0.2) is 0 Å². The van der Waals surface area contributed by atoms with Crippen molar-refractivity contribution in [3.63, 3.8) is 0 Å². The molecule has 0 N–H and O–H groups in total. The summed E-state index contributed by atoms with van der Waals surface area (Å²) in [5, 5.41) is 3.75. The van der Waals surface area contributed by atoms with Gasteiger partial charge in [-0.2, -0.15) is 0 Å². The number of hydrogen-bond donors (Lipinski definition) is 0. The molecular weight excluding hydrogens is 241 g/mol. The molecule has 0 heterocycles. The Morgan fingerprint density at radius 2 is 1.75 bits per heavy atom. The summed E-state index contributed by atoms with van der Waals surface area (Å²) in [7, 11) is 1.59. The van der Waals surface area contributed by atoms with Crippen LogP contribution in [0.5, 0.6) is 0 Å². The second-order valence-electron chi connectivity index (χ2n) is 4.36. The molecule has 12 heavy (non-hydrogen) atoms. The van der Waals surface area contributed by atoms with Crippen molar-refractivity contribution in [1.29, 1.82) is 0 Å². The van der Waals surface area contributed by atoms with Gasteiger partial charge in [0.25, 0.3) is 0 Å². The van der Waals surface area contributed by atoms with E-state index in [0.717, 1.165) is 12.8 Å². The van der Waals surface area contributed by atoms with Gasteiger partial charge in [0.05, 0.1) is 5.91 Å². The Hall–Kier alpha value is 0.0934. The van der Waals surface area contributed by atoms with Gasteiger partial charge in [-0.15, -0.1) is 7.05 Å². The van der Waals surface area contributed by atoms with Crippen molar-refractivity contribution < 1.29 is 24.3 Å². The first-order valence-corrected chi connectivity index (χ1v) is 4.08. The van der Waals surface area contributed by atoms with Crippen molar-refractivity contribution in [2.75, 3.05) is 7.05 Å². The van der Waals surface area contributed by atoms with Crippen molar-refractivity contribution in [3.8, 4) is 0 Å². The first-order chi connectivity index (χ1) is 4.94. The van der Waals surface area contributed by atoms with Crippen LogP contribution < -0.4 is 0 Å². The third kappa shape index (κ3) is 1.71. The summed E-state index contributed by atoms with van der Waals surface area (Å²) in [6.07, 6.45) is 2.04. The van der Waals surface area contributed by atoms with Crippen molar-refractivity contribution in [3.05, 3.63) is 5.32 Å². The summed E-state index contributed by atoms with van der Waals surface area (Å²) in [5.41, 5.74) is -0.0225. The van der Waals surface area contributed by atoms with E-state index in [1.807, 2.05) is 0 Å². The number of hydrogen-bond acceptors (Lipinski definition) is 1. The minimum absolute atomic E-state index is 0. The van der Waals surface area contributed by atoms with Gasteiger partial charge in [-0.3, -0.25) is 0 Å². The van der Waals surface area contributed by atoms with Crippen molar-refractivity contribution in [1.82, 2.24) is 0 Å². The molecule has 1 aliphatic carbocycles. The van der Waals surface area contributed by atoms with Crippen LogP contribution in [-0.4, -0.2) is 13.0 Å². The number of amides is 1. The Morgan fingerprint density at radius 1 is 1.33 bits per heavy atom. The summed E-state index contributed by atoms with van der Waals surface area (Å²) < 4.78 is 0. The van der Waals surface area contributed by atoms with Gasteiger partial charge in [-0.05, 0) is 18.3 Å². The molecule has 1 amide bonds. The Bertz CT molecular complexity index is 179. The van der Waals surface area contributed by atoms with Crippen LogP contribution in [0.25, 0.3) is 5.32 Å². The summed E-state index contributed by atoms with van der Waals surface area (Å²) >= 11 is 0. The van der Waals surface area contributed by atoms with Crippen LogP contribution in [-0.2, 0) is 24.3 Å². The number of nitrogens with zero attached hydrogens (tertiary/aromatic N) is 1. The van der Waals surface area contributed by atoms with Crippen LogP contribution in [0.4, 0.5) is 0 Å². The Labute approximate surface area is 87.2 Å². The average molecular weight is 257 g/mol. The monoisotopic (exact) mass is 257 g/mol. The first kappa shape index (κ1) is 12.1. The molecule has 1 rings (SSSR count). The van der Waals surface area contributed by atoms with Gasteiger partial charge < -0.3 is 10.1 Å². The van der Waals surface area contributed by atoms with Crippen molar-refractivity contribution in [2.24, 2.45) is 10.8 Å². The van der Waals surface area contributed by atoms with Gasteiger partial charge in [-0.25, -0.2) is 0 Å². The predicted octanol–water partition coefficient (Wildman–Crippen LogP) is 2.34. The molecule has 2 nitrogen and oxygen atoms in total. The van der Waals surface area contributed by atoms with Gasteiger partial charge >= 0.3 is 0 Å². The van der Waals surface area contributed by atoms with E-state index in [9.17, 15) is 4.79 Å². The zero-order chi connectivity index (χ0) is 8.70. The van der Waals surface area contributed by atoms with Crippen molar-refractivity contribution >= 4 is 5.91 Å². The van der Waals surface area contributed by atoms with Gasteiger partial charge in [-0.1, -0.05) is 20.8 Å². The van der Waals surface area contributed by atoms with E-state index in [1.54, 1.807) is 7.05 Å². The zero-order valence-corrected chi connectivity index (χ0v) is 9.74. The molecule has 1 radical (unpaired) electrons. The SMILES string of the molecule is C[N-]C(=O)C1(C(C)(C)C)CC1.[Rh]. The van der Waals surface area contributed by atoms with Crippen LogP contribution in [0.1, 0.15) is 33.6 Å². The molecule has 1 aliphatic rings. The van der Waals surface area contributed by atoms with Crippen LogP contribution in [0, 0.1) is 10.8 Å². The number of carbonyl (C=O) groups is 1. The van der Waals surface area contributed by atoms with Gasteiger partial charge in [0.1, 0.15) is 0 Å². The predicted molar refractivity (Wildman–Crippen MR) is 45.4 cm³/mol. The van der Waals surface area contributed by atoms with Crippen LogP contribution >= 0.6 is 0 Å². The van der Waals surface area contributed by atoms with E-state index >= 15 is 0 Å². The third-order valence-corrected chi connectivity index (χ3v) is 2.80. The standard InChI is InChI=1S/C9H17NO.Rh/c1-8(2,3)9(5-6-9)7(11)10-4;/h5-6H2,1-4H3,(H,10,11);/p-1. The molecular formula is C9H16NORh-. The maximum absolute atomic E-state index is 11.4. The fraction of sp³-hybridized carbons (Fsp3) is 0.889. The summed E-state index contributed by atoms with van der Waals surface area (Å²) in [6, 6.07) is 0. The molecule has 0 bridgehead atoms. The Morgan fingerprint density at radius 3 is 1.83 bits per heavy atom. The molecule has 0 aliphatic heterocycles. The minimum atomic E-state index is -0.109. The summed E-state index contributed by atoms with van der Waals surface area (Å²) in [5.74, 6) is 0.0880. The molecule has 0 unspecified atom stereocenters. The second kappa shape index (κ2) is 3.45. The molecule has 0 saturated heterocycles.